The minimum absolute atomic E-state index is 0.297. The predicted octanol–water partition coefficient (Wildman–Crippen LogP) is 4.42. The molecule has 33 heavy (non-hydrogen) atoms. The number of halogens is 1. The molecule has 3 aromatic rings. The maximum Gasteiger partial charge on any atom is 0.226 e. The van der Waals surface area contributed by atoms with E-state index in [1.54, 1.807) is 0 Å². The van der Waals surface area contributed by atoms with Crippen molar-refractivity contribution in [1.82, 2.24) is 19.5 Å². The Morgan fingerprint density at radius 2 is 1.73 bits per heavy atom. The Labute approximate surface area is 199 Å². The van der Waals surface area contributed by atoms with Crippen LogP contribution in [-0.2, 0) is 6.42 Å². The highest BCUT2D eigenvalue weighted by Gasteiger charge is 2.26. The average Bonchev–Trinajstić information content (AvgIpc) is 3.17. The standard InChI is InChI=1S/C24H33ClN8/c25-15-6-11-19(27)14(12-15)13-20-30-21-22(28)31-24(29-17-9-7-16(26)8-10-17)32-23(21)33(20)18-4-2-1-3-5-18/h6,11-12,16-18H,1-5,7-10,13,26-27H2,(H3,28,29,31,32). The molecule has 0 atom stereocenters. The van der Waals surface area contributed by atoms with Gasteiger partial charge in [-0.05, 0) is 62.3 Å². The van der Waals surface area contributed by atoms with Gasteiger partial charge in [-0.15, -0.1) is 0 Å². The van der Waals surface area contributed by atoms with Crippen molar-refractivity contribution in [3.8, 4) is 0 Å². The molecule has 5 rings (SSSR count). The van der Waals surface area contributed by atoms with E-state index in [4.69, 9.17) is 38.8 Å². The van der Waals surface area contributed by atoms with E-state index in [0.29, 0.717) is 52.5 Å². The van der Waals surface area contributed by atoms with Gasteiger partial charge in [0.1, 0.15) is 5.82 Å². The van der Waals surface area contributed by atoms with Crippen molar-refractivity contribution in [3.05, 3.63) is 34.6 Å². The zero-order valence-corrected chi connectivity index (χ0v) is 19.7. The quantitative estimate of drug-likeness (QED) is 0.407. The molecule has 2 aliphatic carbocycles. The van der Waals surface area contributed by atoms with Crippen molar-refractivity contribution >= 4 is 40.2 Å². The first-order chi connectivity index (χ1) is 16.0. The van der Waals surface area contributed by atoms with Crippen LogP contribution in [0.4, 0.5) is 17.5 Å². The summed E-state index contributed by atoms with van der Waals surface area (Å²) < 4.78 is 2.29. The van der Waals surface area contributed by atoms with Gasteiger partial charge in [-0.1, -0.05) is 30.9 Å². The first-order valence-corrected chi connectivity index (χ1v) is 12.5. The third kappa shape index (κ3) is 4.73. The van der Waals surface area contributed by atoms with Crippen LogP contribution < -0.4 is 22.5 Å². The average molecular weight is 469 g/mol. The highest BCUT2D eigenvalue weighted by Crippen LogP contribution is 2.35. The summed E-state index contributed by atoms with van der Waals surface area (Å²) in [4.78, 5) is 14.4. The Hall–Kier alpha value is -2.58. The fourth-order valence-corrected chi connectivity index (χ4v) is 5.49. The number of nitrogen functional groups attached to an aromatic ring is 2. The molecule has 0 bridgehead atoms. The van der Waals surface area contributed by atoms with Crippen molar-refractivity contribution in [1.29, 1.82) is 0 Å². The van der Waals surface area contributed by atoms with Gasteiger partial charge < -0.3 is 27.1 Å². The van der Waals surface area contributed by atoms with Gasteiger partial charge in [0.25, 0.3) is 0 Å². The van der Waals surface area contributed by atoms with Gasteiger partial charge in [0.15, 0.2) is 17.0 Å². The molecule has 0 aliphatic heterocycles. The van der Waals surface area contributed by atoms with E-state index >= 15 is 0 Å². The lowest BCUT2D eigenvalue weighted by Gasteiger charge is -2.27. The summed E-state index contributed by atoms with van der Waals surface area (Å²) in [7, 11) is 0. The van der Waals surface area contributed by atoms with Gasteiger partial charge >= 0.3 is 0 Å². The lowest BCUT2D eigenvalue weighted by molar-refractivity contribution is 0.352. The molecule has 176 valence electrons. The smallest absolute Gasteiger partial charge is 0.226 e. The monoisotopic (exact) mass is 468 g/mol. The van der Waals surface area contributed by atoms with E-state index in [2.05, 4.69) is 14.9 Å². The number of aromatic nitrogens is 4. The van der Waals surface area contributed by atoms with Crippen molar-refractivity contribution < 1.29 is 0 Å². The van der Waals surface area contributed by atoms with Gasteiger partial charge in [0.2, 0.25) is 5.95 Å². The van der Waals surface area contributed by atoms with Gasteiger partial charge in [-0.25, -0.2) is 4.98 Å². The minimum Gasteiger partial charge on any atom is -0.398 e. The molecule has 0 saturated heterocycles. The topological polar surface area (TPSA) is 134 Å². The largest absolute Gasteiger partial charge is 0.398 e. The zero-order valence-electron chi connectivity index (χ0n) is 18.9. The SMILES string of the molecule is Nc1ccc(Cl)cc1Cc1nc2c(N)nc(NC3CCC(N)CC3)nc2n1C1CCCCC1. The van der Waals surface area contributed by atoms with E-state index < -0.39 is 0 Å². The van der Waals surface area contributed by atoms with Crippen molar-refractivity contribution in [2.75, 3.05) is 16.8 Å². The van der Waals surface area contributed by atoms with E-state index in [-0.39, 0.29) is 0 Å². The van der Waals surface area contributed by atoms with Crippen LogP contribution in [0.15, 0.2) is 18.2 Å². The number of hydrogen-bond acceptors (Lipinski definition) is 7. The zero-order chi connectivity index (χ0) is 22.9. The number of rotatable bonds is 5. The number of nitrogens with two attached hydrogens (primary N) is 3. The molecule has 1 aromatic carbocycles. The minimum atomic E-state index is 0.297. The summed E-state index contributed by atoms with van der Waals surface area (Å²) in [5.41, 5.74) is 21.9. The highest BCUT2D eigenvalue weighted by atomic mass is 35.5. The predicted molar refractivity (Wildman–Crippen MR) is 134 cm³/mol. The molecule has 2 saturated carbocycles. The number of nitrogens with one attached hydrogen (secondary N) is 1. The second-order valence-corrected chi connectivity index (χ2v) is 10.0. The van der Waals surface area contributed by atoms with Gasteiger partial charge in [0, 0.05) is 35.3 Å². The first-order valence-electron chi connectivity index (χ1n) is 12.1. The normalized spacial score (nSPS) is 22.0. The molecule has 0 unspecified atom stereocenters. The molecule has 2 fully saturated rings. The molecule has 2 aromatic heterocycles. The number of fused-ring (bicyclic) bond motifs is 1. The van der Waals surface area contributed by atoms with Crippen molar-refractivity contribution in [2.45, 2.75) is 82.3 Å². The number of benzene rings is 1. The molecule has 0 amide bonds. The Morgan fingerprint density at radius 3 is 2.48 bits per heavy atom. The van der Waals surface area contributed by atoms with E-state index in [9.17, 15) is 0 Å². The molecule has 8 nitrogen and oxygen atoms in total. The number of imidazole rings is 1. The first kappa shape index (κ1) is 22.2. The maximum absolute atomic E-state index is 6.41. The summed E-state index contributed by atoms with van der Waals surface area (Å²) in [5.74, 6) is 1.89. The summed E-state index contributed by atoms with van der Waals surface area (Å²) in [6, 6.07) is 6.52. The Morgan fingerprint density at radius 1 is 0.970 bits per heavy atom. The summed E-state index contributed by atoms with van der Waals surface area (Å²) in [6.45, 7) is 0. The summed E-state index contributed by atoms with van der Waals surface area (Å²) in [5, 5.41) is 4.17. The van der Waals surface area contributed by atoms with Crippen LogP contribution in [0.5, 0.6) is 0 Å². The van der Waals surface area contributed by atoms with Gasteiger partial charge in [0.05, 0.1) is 0 Å². The van der Waals surface area contributed by atoms with Crippen LogP contribution in [0.1, 0.15) is 75.2 Å². The fraction of sp³-hybridized carbons (Fsp3) is 0.542. The van der Waals surface area contributed by atoms with Gasteiger partial charge in [-0.3, -0.25) is 0 Å². The van der Waals surface area contributed by atoms with Crippen LogP contribution in [-0.4, -0.2) is 31.6 Å². The maximum atomic E-state index is 6.41. The molecule has 2 aliphatic rings. The van der Waals surface area contributed by atoms with Crippen LogP contribution in [0.25, 0.3) is 11.2 Å². The number of nitrogens with zero attached hydrogens (tertiary/aromatic N) is 4. The molecule has 0 spiro atoms. The molecule has 7 N–H and O–H groups in total. The van der Waals surface area contributed by atoms with Crippen LogP contribution >= 0.6 is 11.6 Å². The molecular weight excluding hydrogens is 436 g/mol. The van der Waals surface area contributed by atoms with Crippen molar-refractivity contribution in [2.24, 2.45) is 5.73 Å². The van der Waals surface area contributed by atoms with Crippen LogP contribution in [0.2, 0.25) is 5.02 Å². The second kappa shape index (κ2) is 9.35. The van der Waals surface area contributed by atoms with Crippen LogP contribution in [0, 0.1) is 0 Å². The third-order valence-corrected chi connectivity index (χ3v) is 7.37. The second-order valence-electron chi connectivity index (χ2n) is 9.57. The Bertz CT molecular complexity index is 1130. The molecule has 0 radical (unpaired) electrons. The summed E-state index contributed by atoms with van der Waals surface area (Å²) in [6.07, 6.45) is 10.5. The number of hydrogen-bond donors (Lipinski definition) is 4. The fourth-order valence-electron chi connectivity index (χ4n) is 5.30. The van der Waals surface area contributed by atoms with Gasteiger partial charge in [-0.2, -0.15) is 9.97 Å². The molecule has 9 heteroatoms. The Kier molecular flexibility index (Phi) is 6.29. The van der Waals surface area contributed by atoms with E-state index in [0.717, 1.165) is 55.6 Å². The number of anilines is 3. The van der Waals surface area contributed by atoms with E-state index in [1.807, 2.05) is 18.2 Å². The van der Waals surface area contributed by atoms with Crippen molar-refractivity contribution in [3.63, 3.8) is 0 Å². The third-order valence-electron chi connectivity index (χ3n) is 7.14. The van der Waals surface area contributed by atoms with E-state index in [1.165, 1.54) is 19.3 Å². The highest BCUT2D eigenvalue weighted by molar-refractivity contribution is 6.30. The Balaban J connectivity index is 1.54. The van der Waals surface area contributed by atoms with Crippen LogP contribution in [0.3, 0.4) is 0 Å². The lowest BCUT2D eigenvalue weighted by Crippen LogP contribution is -2.33. The summed E-state index contributed by atoms with van der Waals surface area (Å²) >= 11 is 6.26. The molecular formula is C24H33ClN8. The lowest BCUT2D eigenvalue weighted by atomic mass is 9.92. The molecule has 2 heterocycles.